The van der Waals surface area contributed by atoms with Crippen LogP contribution < -0.4 is 5.56 Å². The molecule has 0 fully saturated rings. The van der Waals surface area contributed by atoms with E-state index in [1.54, 1.807) is 0 Å². The van der Waals surface area contributed by atoms with Crippen molar-refractivity contribution in [3.63, 3.8) is 0 Å². The Labute approximate surface area is 155 Å². The van der Waals surface area contributed by atoms with E-state index >= 15 is 0 Å². The monoisotopic (exact) mass is 387 g/mol. The molecule has 1 aromatic heterocycles. The number of nitrogens with one attached hydrogen (secondary N) is 1. The number of rotatable bonds is 4. The molecule has 0 radical (unpaired) electrons. The molecule has 140 valence electrons. The van der Waals surface area contributed by atoms with Crippen molar-refractivity contribution in [3.8, 4) is 0 Å². The number of halogens is 1. The van der Waals surface area contributed by atoms with E-state index in [0.717, 1.165) is 11.6 Å². The first-order valence-electron chi connectivity index (χ1n) is 8.55. The van der Waals surface area contributed by atoms with E-state index < -0.39 is 15.8 Å². The van der Waals surface area contributed by atoms with Crippen LogP contribution in [-0.2, 0) is 29.5 Å². The number of aromatic nitrogens is 2. The minimum atomic E-state index is -3.83. The van der Waals surface area contributed by atoms with Crippen LogP contribution in [-0.4, -0.2) is 29.0 Å². The molecule has 1 N–H and O–H groups in total. The molecule has 0 spiro atoms. The standard InChI is InChI=1S/C19H18FN3O3S/c20-15-7-4-8-16(11-15)27(25,26)22-10-9-17-18(13-22)21-23(19(17)24)12-14-5-2-1-3-6-14/h1-8,11,21H,9-10,12-13H2. The second-order valence-electron chi connectivity index (χ2n) is 6.49. The molecule has 0 saturated heterocycles. The lowest BCUT2D eigenvalue weighted by Crippen LogP contribution is -2.37. The number of hydrogen-bond donors (Lipinski definition) is 1. The molecule has 2 aromatic carbocycles. The van der Waals surface area contributed by atoms with Gasteiger partial charge in [0.15, 0.2) is 0 Å². The molecule has 0 aliphatic carbocycles. The second-order valence-corrected chi connectivity index (χ2v) is 8.43. The Bertz CT molecular complexity index is 1140. The Balaban J connectivity index is 1.62. The van der Waals surface area contributed by atoms with Gasteiger partial charge in [-0.25, -0.2) is 17.5 Å². The summed E-state index contributed by atoms with van der Waals surface area (Å²) in [6.45, 7) is 0.638. The first-order valence-corrected chi connectivity index (χ1v) is 9.99. The third kappa shape index (κ3) is 3.33. The van der Waals surface area contributed by atoms with Gasteiger partial charge in [0, 0.05) is 12.1 Å². The van der Waals surface area contributed by atoms with Crippen molar-refractivity contribution in [3.05, 3.63) is 87.6 Å². The molecular formula is C19H18FN3O3S. The number of sulfonamides is 1. The van der Waals surface area contributed by atoms with Gasteiger partial charge in [0.2, 0.25) is 10.0 Å². The topological polar surface area (TPSA) is 75.2 Å². The zero-order chi connectivity index (χ0) is 19.0. The van der Waals surface area contributed by atoms with Crippen molar-refractivity contribution in [2.24, 2.45) is 0 Å². The van der Waals surface area contributed by atoms with E-state index in [9.17, 15) is 17.6 Å². The van der Waals surface area contributed by atoms with Crippen LogP contribution >= 0.6 is 0 Å². The fourth-order valence-electron chi connectivity index (χ4n) is 3.31. The Morgan fingerprint density at radius 3 is 2.59 bits per heavy atom. The minimum absolute atomic E-state index is 0.0607. The average Bonchev–Trinajstić information content (AvgIpc) is 2.97. The quantitative estimate of drug-likeness (QED) is 0.745. The molecule has 3 aromatic rings. The Morgan fingerprint density at radius 2 is 1.85 bits per heavy atom. The molecule has 0 unspecified atom stereocenters. The summed E-state index contributed by atoms with van der Waals surface area (Å²) in [4.78, 5) is 12.5. The number of aromatic amines is 1. The summed E-state index contributed by atoms with van der Waals surface area (Å²) in [5, 5.41) is 3.04. The lowest BCUT2D eigenvalue weighted by Gasteiger charge is -2.25. The van der Waals surface area contributed by atoms with Gasteiger partial charge in [-0.1, -0.05) is 36.4 Å². The molecular weight excluding hydrogens is 369 g/mol. The fraction of sp³-hybridized carbons (Fsp3) is 0.211. The lowest BCUT2D eigenvalue weighted by atomic mass is 10.1. The molecule has 1 aliphatic rings. The summed E-state index contributed by atoms with van der Waals surface area (Å²) in [6.07, 6.45) is 0.320. The van der Waals surface area contributed by atoms with Crippen LogP contribution in [0.25, 0.3) is 0 Å². The summed E-state index contributed by atoms with van der Waals surface area (Å²) >= 11 is 0. The maximum atomic E-state index is 13.4. The van der Waals surface area contributed by atoms with Crippen LogP contribution in [0.1, 0.15) is 16.8 Å². The highest BCUT2D eigenvalue weighted by Crippen LogP contribution is 2.23. The highest BCUT2D eigenvalue weighted by Gasteiger charge is 2.31. The Morgan fingerprint density at radius 1 is 1.07 bits per heavy atom. The van der Waals surface area contributed by atoms with Gasteiger partial charge in [-0.05, 0) is 30.2 Å². The highest BCUT2D eigenvalue weighted by molar-refractivity contribution is 7.89. The SMILES string of the molecule is O=c1c2c([nH]n1Cc1ccccc1)CN(S(=O)(=O)c1cccc(F)c1)CC2. The maximum absolute atomic E-state index is 13.4. The van der Waals surface area contributed by atoms with Crippen molar-refractivity contribution in [2.45, 2.75) is 24.4 Å². The van der Waals surface area contributed by atoms with E-state index in [1.165, 1.54) is 27.2 Å². The van der Waals surface area contributed by atoms with Crippen LogP contribution in [0.2, 0.25) is 0 Å². The van der Waals surface area contributed by atoms with Gasteiger partial charge in [0.25, 0.3) is 5.56 Å². The molecule has 0 saturated carbocycles. The molecule has 2 heterocycles. The molecule has 6 nitrogen and oxygen atoms in total. The van der Waals surface area contributed by atoms with Gasteiger partial charge in [-0.3, -0.25) is 9.89 Å². The van der Waals surface area contributed by atoms with Crippen LogP contribution in [0.15, 0.2) is 64.3 Å². The summed E-state index contributed by atoms with van der Waals surface area (Å²) in [7, 11) is -3.83. The van der Waals surface area contributed by atoms with Gasteiger partial charge < -0.3 is 0 Å². The maximum Gasteiger partial charge on any atom is 0.270 e. The van der Waals surface area contributed by atoms with E-state index in [2.05, 4.69) is 5.10 Å². The van der Waals surface area contributed by atoms with E-state index in [4.69, 9.17) is 0 Å². The first-order chi connectivity index (χ1) is 12.9. The first kappa shape index (κ1) is 17.7. The van der Waals surface area contributed by atoms with Crippen LogP contribution in [0.5, 0.6) is 0 Å². The van der Waals surface area contributed by atoms with Gasteiger partial charge in [0.05, 0.1) is 23.7 Å². The number of benzene rings is 2. The zero-order valence-corrected chi connectivity index (χ0v) is 15.2. The normalized spacial score (nSPS) is 14.9. The van der Waals surface area contributed by atoms with Crippen molar-refractivity contribution in [1.29, 1.82) is 0 Å². The number of H-pyrrole nitrogens is 1. The van der Waals surface area contributed by atoms with E-state index in [-0.39, 0.29) is 23.5 Å². The summed E-state index contributed by atoms with van der Waals surface area (Å²) in [6, 6.07) is 14.5. The smallest absolute Gasteiger partial charge is 0.270 e. The van der Waals surface area contributed by atoms with E-state index in [1.807, 2.05) is 30.3 Å². The van der Waals surface area contributed by atoms with Gasteiger partial charge >= 0.3 is 0 Å². The third-order valence-electron chi connectivity index (χ3n) is 4.70. The number of nitrogens with zero attached hydrogens (tertiary/aromatic N) is 2. The second kappa shape index (κ2) is 6.79. The predicted molar refractivity (Wildman–Crippen MR) is 98.3 cm³/mol. The van der Waals surface area contributed by atoms with Gasteiger partial charge in [0.1, 0.15) is 5.82 Å². The summed E-state index contributed by atoms with van der Waals surface area (Å²) in [5.41, 5.74) is 2.04. The molecule has 0 bridgehead atoms. The Kier molecular flexibility index (Phi) is 4.45. The molecule has 4 rings (SSSR count). The van der Waals surface area contributed by atoms with Crippen molar-refractivity contribution in [2.75, 3.05) is 6.54 Å². The number of hydrogen-bond acceptors (Lipinski definition) is 3. The average molecular weight is 387 g/mol. The van der Waals surface area contributed by atoms with Crippen LogP contribution in [0, 0.1) is 5.82 Å². The zero-order valence-electron chi connectivity index (χ0n) is 14.4. The summed E-state index contributed by atoms with van der Waals surface area (Å²) < 4.78 is 41.8. The molecule has 27 heavy (non-hydrogen) atoms. The van der Waals surface area contributed by atoms with Crippen LogP contribution in [0.3, 0.4) is 0 Å². The third-order valence-corrected chi connectivity index (χ3v) is 6.54. The van der Waals surface area contributed by atoms with Crippen LogP contribution in [0.4, 0.5) is 4.39 Å². The van der Waals surface area contributed by atoms with Crippen molar-refractivity contribution >= 4 is 10.0 Å². The predicted octanol–water partition coefficient (Wildman–Crippen LogP) is 2.11. The minimum Gasteiger partial charge on any atom is -0.298 e. The number of fused-ring (bicyclic) bond motifs is 1. The van der Waals surface area contributed by atoms with Crippen molar-refractivity contribution in [1.82, 2.24) is 14.1 Å². The molecule has 1 aliphatic heterocycles. The fourth-order valence-corrected chi connectivity index (χ4v) is 4.75. The van der Waals surface area contributed by atoms with Gasteiger partial charge in [-0.15, -0.1) is 0 Å². The molecule has 8 heteroatoms. The van der Waals surface area contributed by atoms with Gasteiger partial charge in [-0.2, -0.15) is 4.31 Å². The summed E-state index contributed by atoms with van der Waals surface area (Å²) in [5.74, 6) is -0.601. The molecule has 0 amide bonds. The highest BCUT2D eigenvalue weighted by atomic mass is 32.2. The largest absolute Gasteiger partial charge is 0.298 e. The Hall–Kier alpha value is -2.71. The lowest BCUT2D eigenvalue weighted by molar-refractivity contribution is 0.385. The van der Waals surface area contributed by atoms with Crippen molar-refractivity contribution < 1.29 is 12.8 Å². The van der Waals surface area contributed by atoms with E-state index in [0.29, 0.717) is 24.2 Å². The molecule has 0 atom stereocenters.